The average molecular weight is 527 g/mol. The number of hydrogen-bond acceptors (Lipinski definition) is 5. The van der Waals surface area contributed by atoms with Crippen molar-refractivity contribution in [3.8, 4) is 0 Å². The molecule has 0 spiro atoms. The van der Waals surface area contributed by atoms with Crippen molar-refractivity contribution in [2.75, 3.05) is 25.0 Å². The number of nitrogens with zero attached hydrogens (tertiary/aromatic N) is 2. The number of piperidine rings is 1. The van der Waals surface area contributed by atoms with Gasteiger partial charge in [-0.25, -0.2) is 13.2 Å². The Balaban J connectivity index is 1.44. The van der Waals surface area contributed by atoms with Gasteiger partial charge in [0.2, 0.25) is 15.9 Å². The molecule has 10 heteroatoms. The summed E-state index contributed by atoms with van der Waals surface area (Å²) in [5.41, 5.74) is -0.154. The van der Waals surface area contributed by atoms with Crippen LogP contribution < -0.4 is 10.6 Å². The number of rotatable bonds is 8. The first kappa shape index (κ1) is 26.8. The van der Waals surface area contributed by atoms with Crippen molar-refractivity contribution >= 4 is 33.6 Å². The summed E-state index contributed by atoms with van der Waals surface area (Å²) in [5, 5.41) is 5.46. The molecule has 0 aliphatic carbocycles. The van der Waals surface area contributed by atoms with E-state index < -0.39 is 40.0 Å². The highest BCUT2D eigenvalue weighted by Crippen LogP contribution is 2.33. The second-order valence-corrected chi connectivity index (χ2v) is 12.1. The van der Waals surface area contributed by atoms with Crippen molar-refractivity contribution in [1.29, 1.82) is 0 Å². The van der Waals surface area contributed by atoms with E-state index in [1.54, 1.807) is 24.3 Å². The van der Waals surface area contributed by atoms with Crippen molar-refractivity contribution in [1.82, 2.24) is 14.5 Å². The van der Waals surface area contributed by atoms with E-state index in [0.29, 0.717) is 49.0 Å². The molecular formula is C27H34N4O5S. The summed E-state index contributed by atoms with van der Waals surface area (Å²) in [7, 11) is -3.64. The fourth-order valence-electron chi connectivity index (χ4n) is 5.38. The Morgan fingerprint density at radius 3 is 2.24 bits per heavy atom. The molecule has 2 N–H and O–H groups in total. The van der Waals surface area contributed by atoms with Crippen LogP contribution in [0.15, 0.2) is 59.5 Å². The molecule has 2 aliphatic heterocycles. The maximum atomic E-state index is 13.4. The van der Waals surface area contributed by atoms with Gasteiger partial charge in [0, 0.05) is 18.8 Å². The summed E-state index contributed by atoms with van der Waals surface area (Å²) in [6, 6.07) is 14.3. The van der Waals surface area contributed by atoms with E-state index in [0.717, 1.165) is 11.3 Å². The lowest BCUT2D eigenvalue weighted by Gasteiger charge is -2.34. The van der Waals surface area contributed by atoms with Crippen LogP contribution in [0, 0.1) is 11.8 Å². The Kier molecular flexibility index (Phi) is 7.70. The first-order valence-electron chi connectivity index (χ1n) is 12.7. The molecule has 37 heavy (non-hydrogen) atoms. The quantitative estimate of drug-likeness (QED) is 0.511. The summed E-state index contributed by atoms with van der Waals surface area (Å²) >= 11 is 0. The van der Waals surface area contributed by atoms with E-state index in [4.69, 9.17) is 0 Å². The Morgan fingerprint density at radius 2 is 1.65 bits per heavy atom. The van der Waals surface area contributed by atoms with Crippen LogP contribution in [0.4, 0.5) is 10.5 Å². The SMILES string of the molecule is CCCC1(c2ccccc2)NC(=O)N(CC(=O)Nc2ccc(S(=O)(=O)N3CC(C)CC(C)C3)cc2)C1=O. The molecule has 3 unspecified atom stereocenters. The summed E-state index contributed by atoms with van der Waals surface area (Å²) in [6.07, 6.45) is 2.06. The summed E-state index contributed by atoms with van der Waals surface area (Å²) in [5.74, 6) is -0.439. The van der Waals surface area contributed by atoms with Crippen molar-refractivity contribution in [3.05, 3.63) is 60.2 Å². The third-order valence-electron chi connectivity index (χ3n) is 6.98. The van der Waals surface area contributed by atoms with Gasteiger partial charge in [-0.3, -0.25) is 14.5 Å². The highest BCUT2D eigenvalue weighted by atomic mass is 32.2. The fourth-order valence-corrected chi connectivity index (χ4v) is 7.06. The number of anilines is 1. The Morgan fingerprint density at radius 1 is 1.03 bits per heavy atom. The molecule has 0 aromatic heterocycles. The summed E-state index contributed by atoms with van der Waals surface area (Å²) < 4.78 is 27.7. The first-order valence-corrected chi connectivity index (χ1v) is 14.1. The molecule has 3 atom stereocenters. The van der Waals surface area contributed by atoms with E-state index in [1.807, 2.05) is 26.8 Å². The molecule has 9 nitrogen and oxygen atoms in total. The third-order valence-corrected chi connectivity index (χ3v) is 8.83. The molecular weight excluding hydrogens is 492 g/mol. The Hall–Kier alpha value is -3.24. The van der Waals surface area contributed by atoms with Crippen molar-refractivity contribution < 1.29 is 22.8 Å². The highest BCUT2D eigenvalue weighted by Gasteiger charge is 2.52. The molecule has 198 valence electrons. The van der Waals surface area contributed by atoms with E-state index in [-0.39, 0.29) is 4.90 Å². The molecule has 0 bridgehead atoms. The van der Waals surface area contributed by atoms with Gasteiger partial charge in [0.15, 0.2) is 0 Å². The molecule has 2 aromatic rings. The number of benzene rings is 2. The largest absolute Gasteiger partial charge is 0.325 e. The van der Waals surface area contributed by atoms with Gasteiger partial charge in [-0.05, 0) is 54.5 Å². The van der Waals surface area contributed by atoms with E-state index >= 15 is 0 Å². The van der Waals surface area contributed by atoms with Gasteiger partial charge in [0.1, 0.15) is 12.1 Å². The Labute approximate surface area is 218 Å². The molecule has 2 fully saturated rings. The summed E-state index contributed by atoms with van der Waals surface area (Å²) in [6.45, 7) is 6.55. The van der Waals surface area contributed by atoms with Crippen LogP contribution in [0.3, 0.4) is 0 Å². The number of carbonyl (C=O) groups is 3. The first-order chi connectivity index (χ1) is 17.6. The zero-order valence-corrected chi connectivity index (χ0v) is 22.3. The predicted molar refractivity (Wildman–Crippen MR) is 140 cm³/mol. The minimum Gasteiger partial charge on any atom is -0.325 e. The van der Waals surface area contributed by atoms with Gasteiger partial charge in [-0.2, -0.15) is 4.31 Å². The number of amides is 4. The molecule has 4 rings (SSSR count). The summed E-state index contributed by atoms with van der Waals surface area (Å²) in [4.78, 5) is 39.9. The van der Waals surface area contributed by atoms with Gasteiger partial charge in [-0.1, -0.05) is 57.5 Å². The third kappa shape index (κ3) is 5.40. The predicted octanol–water partition coefficient (Wildman–Crippen LogP) is 3.54. The zero-order chi connectivity index (χ0) is 26.8. The zero-order valence-electron chi connectivity index (χ0n) is 21.4. The van der Waals surface area contributed by atoms with Gasteiger partial charge in [0.05, 0.1) is 4.90 Å². The molecule has 0 radical (unpaired) electrons. The van der Waals surface area contributed by atoms with Gasteiger partial charge >= 0.3 is 6.03 Å². The fraction of sp³-hybridized carbons (Fsp3) is 0.444. The molecule has 2 aliphatic rings. The molecule has 0 saturated carbocycles. The highest BCUT2D eigenvalue weighted by molar-refractivity contribution is 7.89. The second-order valence-electron chi connectivity index (χ2n) is 10.2. The van der Waals surface area contributed by atoms with Crippen LogP contribution in [0.25, 0.3) is 0 Å². The number of carbonyl (C=O) groups excluding carboxylic acids is 3. The molecule has 2 aromatic carbocycles. The van der Waals surface area contributed by atoms with E-state index in [9.17, 15) is 22.8 Å². The smallest absolute Gasteiger partial charge is 0.325 e. The Bertz CT molecular complexity index is 1260. The number of nitrogens with one attached hydrogen (secondary N) is 2. The van der Waals surface area contributed by atoms with Crippen LogP contribution in [0.5, 0.6) is 0 Å². The average Bonchev–Trinajstić information content (AvgIpc) is 3.09. The minimum atomic E-state index is -3.64. The maximum Gasteiger partial charge on any atom is 0.325 e. The van der Waals surface area contributed by atoms with Crippen molar-refractivity contribution in [2.45, 2.75) is 50.5 Å². The van der Waals surface area contributed by atoms with Crippen LogP contribution in [0.2, 0.25) is 0 Å². The van der Waals surface area contributed by atoms with Crippen LogP contribution in [0.1, 0.15) is 45.6 Å². The maximum absolute atomic E-state index is 13.4. The van der Waals surface area contributed by atoms with Crippen LogP contribution in [-0.2, 0) is 25.2 Å². The lowest BCUT2D eigenvalue weighted by molar-refractivity contribution is -0.134. The normalized spacial score (nSPS) is 24.7. The minimum absolute atomic E-state index is 0.160. The van der Waals surface area contributed by atoms with Crippen molar-refractivity contribution in [3.63, 3.8) is 0 Å². The van der Waals surface area contributed by atoms with E-state index in [1.165, 1.54) is 28.6 Å². The van der Waals surface area contributed by atoms with Gasteiger partial charge in [0.25, 0.3) is 5.91 Å². The monoisotopic (exact) mass is 526 g/mol. The standard InChI is InChI=1S/C27H34N4O5S/c1-4-14-27(21-8-6-5-7-9-21)25(33)31(26(34)29-27)18-24(32)28-22-10-12-23(13-11-22)37(35,36)30-16-19(2)15-20(3)17-30/h5-13,19-20H,4,14-18H2,1-3H3,(H,28,32)(H,29,34). The van der Waals surface area contributed by atoms with Crippen molar-refractivity contribution in [2.24, 2.45) is 11.8 Å². The molecule has 2 saturated heterocycles. The van der Waals surface area contributed by atoms with Crippen LogP contribution in [-0.4, -0.2) is 55.1 Å². The number of urea groups is 1. The lowest BCUT2D eigenvalue weighted by atomic mass is 9.85. The van der Waals surface area contributed by atoms with Gasteiger partial charge in [-0.15, -0.1) is 0 Å². The second kappa shape index (κ2) is 10.6. The van der Waals surface area contributed by atoms with Gasteiger partial charge < -0.3 is 10.6 Å². The molecule has 2 heterocycles. The van der Waals surface area contributed by atoms with Crippen LogP contribution >= 0.6 is 0 Å². The molecule has 4 amide bonds. The number of hydrogen-bond donors (Lipinski definition) is 2. The van der Waals surface area contributed by atoms with E-state index in [2.05, 4.69) is 10.6 Å². The lowest BCUT2D eigenvalue weighted by Crippen LogP contribution is -2.44. The number of imide groups is 1. The number of sulfonamides is 1. The topological polar surface area (TPSA) is 116 Å².